The third kappa shape index (κ3) is 8.07. The highest BCUT2D eigenvalue weighted by Gasteiger charge is 2.39. The van der Waals surface area contributed by atoms with Gasteiger partial charge in [0.1, 0.15) is 11.7 Å². The highest BCUT2D eigenvalue weighted by atomic mass is 16.4. The summed E-state index contributed by atoms with van der Waals surface area (Å²) in [4.78, 5) is 77.3. The molecule has 18 heteroatoms. The molecule has 0 aliphatic carbocycles. The number of hydrogen-bond donors (Lipinski definition) is 3. The number of unbranched alkanes of at least 4 members (excludes halogenated alkanes) is 2. The SMILES string of the molecule is CC(C)c1c(NC(=O)Nc2ccc(-c3nnc(CCCCCC(=O)N4CCN(c5ccc6c(c5)CN(C5CCC(=O)NC5=O)C6=O)CC4)o3)nc2)cnc2ccnn12. The van der Waals surface area contributed by atoms with E-state index in [0.29, 0.717) is 86.2 Å². The second-order valence-electron chi connectivity index (χ2n) is 15.0. The van der Waals surface area contributed by atoms with Crippen molar-refractivity contribution >= 4 is 52.4 Å². The number of piperidine rings is 1. The number of nitrogens with one attached hydrogen (secondary N) is 3. The lowest BCUT2D eigenvalue weighted by atomic mass is 10.0. The number of carbonyl (C=O) groups excluding carboxylic acids is 5. The minimum absolute atomic E-state index is 0.0928. The quantitative estimate of drug-likeness (QED) is 0.120. The molecule has 58 heavy (non-hydrogen) atoms. The first kappa shape index (κ1) is 38.2. The zero-order valence-corrected chi connectivity index (χ0v) is 32.3. The molecule has 0 bridgehead atoms. The number of urea groups is 1. The van der Waals surface area contributed by atoms with Crippen LogP contribution < -0.4 is 20.9 Å². The number of piperazine rings is 1. The van der Waals surface area contributed by atoms with E-state index in [1.165, 1.54) is 6.20 Å². The molecule has 3 aliphatic heterocycles. The Morgan fingerprint density at radius 1 is 0.948 bits per heavy atom. The van der Waals surface area contributed by atoms with Gasteiger partial charge >= 0.3 is 6.03 Å². The van der Waals surface area contributed by atoms with Crippen LogP contribution in [0.4, 0.5) is 21.9 Å². The Bertz CT molecular complexity index is 2360. The number of anilines is 3. The van der Waals surface area contributed by atoms with Crippen LogP contribution in [0.3, 0.4) is 0 Å². The van der Waals surface area contributed by atoms with Crippen LogP contribution >= 0.6 is 0 Å². The fraction of sp³-hybridized carbons (Fsp3) is 0.400. The highest BCUT2D eigenvalue weighted by molar-refractivity contribution is 6.05. The number of rotatable bonds is 12. The molecule has 3 aliphatic rings. The van der Waals surface area contributed by atoms with E-state index in [4.69, 9.17) is 4.42 Å². The summed E-state index contributed by atoms with van der Waals surface area (Å²) in [5.74, 6) is 0.0794. The van der Waals surface area contributed by atoms with Crippen LogP contribution in [0.15, 0.2) is 59.4 Å². The maximum atomic E-state index is 13.1. The third-order valence-corrected chi connectivity index (χ3v) is 10.7. The number of aryl methyl sites for hydroxylation is 1. The molecule has 4 aromatic heterocycles. The van der Waals surface area contributed by atoms with Crippen molar-refractivity contribution in [3.8, 4) is 11.6 Å². The van der Waals surface area contributed by atoms with E-state index in [9.17, 15) is 24.0 Å². The smallest absolute Gasteiger partial charge is 0.323 e. The molecule has 1 unspecified atom stereocenters. The molecule has 0 radical (unpaired) electrons. The number of nitrogens with zero attached hydrogens (tertiary/aromatic N) is 9. The van der Waals surface area contributed by atoms with E-state index >= 15 is 0 Å². The summed E-state index contributed by atoms with van der Waals surface area (Å²) in [6, 6.07) is 9.86. The zero-order valence-electron chi connectivity index (χ0n) is 32.3. The molecule has 2 saturated heterocycles. The Morgan fingerprint density at radius 3 is 2.57 bits per heavy atom. The first-order valence-corrected chi connectivity index (χ1v) is 19.6. The fourth-order valence-corrected chi connectivity index (χ4v) is 7.74. The predicted octanol–water partition coefficient (Wildman–Crippen LogP) is 4.15. The number of carbonyl (C=O) groups is 5. The lowest BCUT2D eigenvalue weighted by Gasteiger charge is -2.36. The fourth-order valence-electron chi connectivity index (χ4n) is 7.74. The number of pyridine rings is 1. The van der Waals surface area contributed by atoms with Crippen molar-refractivity contribution in [2.24, 2.45) is 0 Å². The summed E-state index contributed by atoms with van der Waals surface area (Å²) in [6.07, 6.45) is 8.77. The first-order chi connectivity index (χ1) is 28.1. The van der Waals surface area contributed by atoms with Crippen molar-refractivity contribution in [1.29, 1.82) is 0 Å². The zero-order chi connectivity index (χ0) is 40.3. The lowest BCUT2D eigenvalue weighted by molar-refractivity contribution is -0.137. The van der Waals surface area contributed by atoms with Crippen molar-refractivity contribution < 1.29 is 28.4 Å². The van der Waals surface area contributed by atoms with Crippen LogP contribution in [0.25, 0.3) is 17.2 Å². The summed E-state index contributed by atoms with van der Waals surface area (Å²) in [5, 5.41) is 20.6. The topological polar surface area (TPSA) is 213 Å². The molecular weight excluding hydrogens is 745 g/mol. The molecule has 300 valence electrons. The normalized spacial score (nSPS) is 16.9. The molecule has 1 aromatic carbocycles. The number of hydrogen-bond acceptors (Lipinski definition) is 12. The maximum Gasteiger partial charge on any atom is 0.323 e. The van der Waals surface area contributed by atoms with Gasteiger partial charge in [-0.15, -0.1) is 10.2 Å². The van der Waals surface area contributed by atoms with Crippen LogP contribution in [-0.4, -0.2) is 101 Å². The molecule has 3 N–H and O–H groups in total. The Kier molecular flexibility index (Phi) is 10.8. The molecular formula is C40H44N12O6. The van der Waals surface area contributed by atoms with Gasteiger partial charge in [0.15, 0.2) is 5.65 Å². The summed E-state index contributed by atoms with van der Waals surface area (Å²) in [5.41, 5.74) is 5.50. The maximum absolute atomic E-state index is 13.1. The van der Waals surface area contributed by atoms with E-state index < -0.39 is 18.0 Å². The van der Waals surface area contributed by atoms with Crippen LogP contribution in [0.2, 0.25) is 0 Å². The molecule has 7 heterocycles. The molecule has 0 saturated carbocycles. The third-order valence-electron chi connectivity index (χ3n) is 10.7. The number of benzene rings is 1. The molecule has 0 spiro atoms. The number of fused-ring (bicyclic) bond motifs is 2. The standard InChI is InChI=1S/C40H44N12O6/c1-24(2)36-30(22-42-32-14-15-43-52(32)36)45-40(57)44-26-8-11-29(41-21-26)38-48-47-34(58-38)6-4-3-5-7-35(54)50-18-16-49(17-19-50)27-9-10-28-25(20-27)23-51(39(28)56)31-12-13-33(53)46-37(31)55/h8-11,14-15,20-22,24,31H,3-7,12-13,16-19,23H2,1-2H3,(H2,44,45,57)(H,46,53,55). The van der Waals surface area contributed by atoms with E-state index in [2.05, 4.69) is 46.1 Å². The minimum atomic E-state index is -0.642. The summed E-state index contributed by atoms with van der Waals surface area (Å²) in [6.45, 7) is 6.96. The van der Waals surface area contributed by atoms with Crippen LogP contribution in [0.1, 0.15) is 85.8 Å². The Morgan fingerprint density at radius 2 is 1.79 bits per heavy atom. The minimum Gasteiger partial charge on any atom is -0.419 e. The van der Waals surface area contributed by atoms with Gasteiger partial charge in [0.25, 0.3) is 11.8 Å². The van der Waals surface area contributed by atoms with Crippen LogP contribution in [-0.2, 0) is 27.3 Å². The van der Waals surface area contributed by atoms with Gasteiger partial charge in [0.2, 0.25) is 23.6 Å². The summed E-state index contributed by atoms with van der Waals surface area (Å²) in [7, 11) is 0. The summed E-state index contributed by atoms with van der Waals surface area (Å²) >= 11 is 0. The molecule has 18 nitrogen and oxygen atoms in total. The van der Waals surface area contributed by atoms with Gasteiger partial charge in [-0.1, -0.05) is 20.3 Å². The van der Waals surface area contributed by atoms with Crippen molar-refractivity contribution in [3.63, 3.8) is 0 Å². The van der Waals surface area contributed by atoms with Crippen molar-refractivity contribution in [2.45, 2.75) is 77.3 Å². The Labute approximate surface area is 333 Å². The first-order valence-electron chi connectivity index (χ1n) is 19.6. The van der Waals surface area contributed by atoms with Gasteiger partial charge in [-0.3, -0.25) is 24.5 Å². The number of amides is 6. The van der Waals surface area contributed by atoms with Crippen molar-refractivity contribution in [2.75, 3.05) is 41.7 Å². The monoisotopic (exact) mass is 788 g/mol. The second kappa shape index (κ2) is 16.4. The average molecular weight is 789 g/mol. The lowest BCUT2D eigenvalue weighted by Crippen LogP contribution is -2.52. The van der Waals surface area contributed by atoms with Crippen LogP contribution in [0.5, 0.6) is 0 Å². The van der Waals surface area contributed by atoms with Crippen molar-refractivity contribution in [1.82, 2.24) is 44.9 Å². The van der Waals surface area contributed by atoms with E-state index in [-0.39, 0.29) is 36.0 Å². The predicted molar refractivity (Wildman–Crippen MR) is 211 cm³/mol. The van der Waals surface area contributed by atoms with Gasteiger partial charge in [-0.2, -0.15) is 5.10 Å². The van der Waals surface area contributed by atoms with Gasteiger partial charge < -0.3 is 29.8 Å². The second-order valence-corrected chi connectivity index (χ2v) is 15.0. The van der Waals surface area contributed by atoms with E-state index in [0.717, 1.165) is 36.2 Å². The van der Waals surface area contributed by atoms with Gasteiger partial charge in [-0.25, -0.2) is 19.3 Å². The van der Waals surface area contributed by atoms with Gasteiger partial charge in [0.05, 0.1) is 35.7 Å². The molecule has 8 rings (SSSR count). The Hall–Kier alpha value is -6.72. The molecule has 2 fully saturated rings. The average Bonchev–Trinajstić information content (AvgIpc) is 3.97. The van der Waals surface area contributed by atoms with Crippen LogP contribution in [0, 0.1) is 0 Å². The van der Waals surface area contributed by atoms with Crippen molar-refractivity contribution in [3.05, 3.63) is 77.7 Å². The van der Waals surface area contributed by atoms with E-state index in [1.807, 2.05) is 36.9 Å². The summed E-state index contributed by atoms with van der Waals surface area (Å²) < 4.78 is 7.56. The largest absolute Gasteiger partial charge is 0.419 e. The highest BCUT2D eigenvalue weighted by Crippen LogP contribution is 2.31. The van der Waals surface area contributed by atoms with E-state index in [1.54, 1.807) is 40.0 Å². The number of imide groups is 1. The molecule has 6 amide bonds. The van der Waals surface area contributed by atoms with Gasteiger partial charge in [-0.05, 0) is 61.1 Å². The molecule has 5 aromatic rings. The Balaban J connectivity index is 0.742. The number of aromatic nitrogens is 6. The van der Waals surface area contributed by atoms with Gasteiger partial charge in [0, 0.05) is 69.3 Å². The molecule has 1 atom stereocenters.